The molecule has 4 aliphatic rings. The Morgan fingerprint density at radius 1 is 0.357 bits per heavy atom. The van der Waals surface area contributed by atoms with Crippen LogP contribution in [0.15, 0.2) is 97.1 Å². The second-order valence-electron chi connectivity index (χ2n) is 22.4. The van der Waals surface area contributed by atoms with Crippen molar-refractivity contribution >= 4 is 23.9 Å². The van der Waals surface area contributed by atoms with Gasteiger partial charge >= 0.3 is 23.9 Å². The Kier molecular flexibility index (Phi) is 22.2. The third-order valence-electron chi connectivity index (χ3n) is 17.1. The van der Waals surface area contributed by atoms with Crippen molar-refractivity contribution < 1.29 is 133 Å². The van der Waals surface area contributed by atoms with Crippen LogP contribution in [0.5, 0.6) is 69.0 Å². The van der Waals surface area contributed by atoms with Crippen molar-refractivity contribution in [2.45, 2.75) is 86.8 Å². The van der Waals surface area contributed by atoms with Crippen LogP contribution < -0.4 is 56.8 Å². The fourth-order valence-corrected chi connectivity index (χ4v) is 12.3. The summed E-state index contributed by atoms with van der Waals surface area (Å²) < 4.78 is 147. The molecular formula is C70H78O28. The molecule has 28 nitrogen and oxygen atoms in total. The molecule has 10 rings (SSSR count). The maximum absolute atomic E-state index is 16.1. The fraction of sp³-hybridized carbons (Fsp3) is 0.429. The zero-order chi connectivity index (χ0) is 70.3. The Hall–Kier alpha value is -9.52. The maximum atomic E-state index is 16.1. The lowest BCUT2D eigenvalue weighted by atomic mass is 9.91. The molecule has 0 bridgehead atoms. The van der Waals surface area contributed by atoms with Gasteiger partial charge in [-0.05, 0) is 50.2 Å². The Morgan fingerprint density at radius 2 is 0.653 bits per heavy atom. The van der Waals surface area contributed by atoms with Gasteiger partial charge in [-0.2, -0.15) is 0 Å². The number of carbonyl (C=O) groups excluding carboxylic acids is 4. The van der Waals surface area contributed by atoms with Gasteiger partial charge in [0.25, 0.3) is 0 Å². The van der Waals surface area contributed by atoms with E-state index in [1.165, 1.54) is 136 Å². The van der Waals surface area contributed by atoms with Crippen molar-refractivity contribution in [3.8, 4) is 80.1 Å². The number of methoxy groups -OCH3 is 14. The first-order chi connectivity index (χ1) is 47.3. The molecule has 0 amide bonds. The summed E-state index contributed by atoms with van der Waals surface area (Å²) in [5, 5.41) is 0. The first kappa shape index (κ1) is 71.3. The largest absolute Gasteiger partial charge is 0.493 e. The average Bonchev–Trinajstić information content (AvgIpc) is 0.746. The summed E-state index contributed by atoms with van der Waals surface area (Å²) in [7, 11) is 18.7. The van der Waals surface area contributed by atoms with Gasteiger partial charge < -0.3 is 114 Å². The highest BCUT2D eigenvalue weighted by Gasteiger charge is 2.59. The summed E-state index contributed by atoms with van der Waals surface area (Å²) in [4.78, 5) is 62.0. The summed E-state index contributed by atoms with van der Waals surface area (Å²) >= 11 is 0. The molecule has 4 aliphatic heterocycles. The number of hydrogen-bond donors (Lipinski definition) is 0. The van der Waals surface area contributed by atoms with E-state index in [9.17, 15) is 9.59 Å². The monoisotopic (exact) mass is 1370 g/mol. The standard InChI is InChI=1S/C70H78O28/c1-69(37-23-19-17-20-24-37)89-33-47-55(97-69)59(93-63(71)35-27-41(75-3)51(81-9)42(28-35)76-4)61(67(87-15)91-47)95-65(73)39-31-45(79-7)53(83-11)57(85-13)49(39)50-40(32-46(80-8)54(84-12)58(50)86-14)66(74)96-62-60(94-64(72)36-29-43(77-5)52(82-10)44(30-36)78-6)56-48(92-68(62)88-16)34-90-70(2,98-56)38-25-21-18-22-26-38/h17-32,47-48,55-56,59-62,67-68H,33-34H2,1-16H3. The second-order valence-corrected chi connectivity index (χ2v) is 22.4. The predicted octanol–water partition coefficient (Wildman–Crippen LogP) is 8.28. The molecular weight excluding hydrogens is 1290 g/mol. The van der Waals surface area contributed by atoms with Crippen LogP contribution in [0.2, 0.25) is 0 Å². The number of rotatable bonds is 25. The van der Waals surface area contributed by atoms with Crippen LogP contribution in [0.3, 0.4) is 0 Å². The van der Waals surface area contributed by atoms with Gasteiger partial charge in [0.15, 0.2) is 94.6 Å². The van der Waals surface area contributed by atoms with Crippen LogP contribution in [0.4, 0.5) is 0 Å². The summed E-state index contributed by atoms with van der Waals surface area (Å²) in [6.07, 6.45) is -14.3. The Morgan fingerprint density at radius 3 is 0.939 bits per heavy atom. The lowest BCUT2D eigenvalue weighted by Gasteiger charge is -2.50. The summed E-state index contributed by atoms with van der Waals surface area (Å²) in [5.74, 6) is -7.33. The molecule has 4 saturated heterocycles. The van der Waals surface area contributed by atoms with Crippen molar-refractivity contribution in [1.82, 2.24) is 0 Å². The Labute approximate surface area is 564 Å². The molecule has 12 atom stereocenters. The van der Waals surface area contributed by atoms with Gasteiger partial charge in [0.1, 0.15) is 24.4 Å². The second kappa shape index (κ2) is 30.5. The zero-order valence-electron chi connectivity index (χ0n) is 56.9. The first-order valence-corrected chi connectivity index (χ1v) is 30.5. The molecule has 0 saturated carbocycles. The molecule has 12 unspecified atom stereocenters. The lowest BCUT2D eigenvalue weighted by Crippen LogP contribution is -2.66. The zero-order valence-corrected chi connectivity index (χ0v) is 56.9. The average molecular weight is 1370 g/mol. The van der Waals surface area contributed by atoms with Gasteiger partial charge in [0, 0.05) is 36.5 Å². The number of ether oxygens (including phenoxy) is 24. The summed E-state index contributed by atoms with van der Waals surface area (Å²) in [6, 6.07) is 26.0. The highest BCUT2D eigenvalue weighted by atomic mass is 16.8. The lowest BCUT2D eigenvalue weighted by molar-refractivity contribution is -0.388. The van der Waals surface area contributed by atoms with Crippen LogP contribution in [0.1, 0.15) is 66.4 Å². The number of esters is 4. The van der Waals surface area contributed by atoms with Crippen molar-refractivity contribution in [3.05, 3.63) is 130 Å². The molecule has 0 aliphatic carbocycles. The van der Waals surface area contributed by atoms with Gasteiger partial charge in [0.05, 0.1) is 121 Å². The van der Waals surface area contributed by atoms with Crippen LogP contribution in [0, 0.1) is 0 Å². The number of carbonyl (C=O) groups is 4. The normalized spacial score (nSPS) is 24.7. The quantitative estimate of drug-likeness (QED) is 0.0384. The number of benzene rings is 6. The molecule has 4 heterocycles. The topological polar surface area (TPSA) is 290 Å². The first-order valence-electron chi connectivity index (χ1n) is 30.5. The molecule has 4 fully saturated rings. The molecule has 0 aromatic heterocycles. The Balaban J connectivity index is 1.13. The van der Waals surface area contributed by atoms with Gasteiger partial charge in [-0.1, -0.05) is 60.7 Å². The minimum absolute atomic E-state index is 0.0724. The summed E-state index contributed by atoms with van der Waals surface area (Å²) in [5.41, 5.74) is -0.345. The van der Waals surface area contributed by atoms with Crippen molar-refractivity contribution in [2.75, 3.05) is 113 Å². The van der Waals surface area contributed by atoms with E-state index in [4.69, 9.17) is 114 Å². The fourth-order valence-electron chi connectivity index (χ4n) is 12.3. The number of hydrogen-bond acceptors (Lipinski definition) is 28. The molecule has 6 aromatic carbocycles. The van der Waals surface area contributed by atoms with Crippen LogP contribution in [-0.4, -0.2) is 198 Å². The van der Waals surface area contributed by atoms with Crippen LogP contribution >= 0.6 is 0 Å². The molecule has 28 heteroatoms. The van der Waals surface area contributed by atoms with E-state index in [1.807, 2.05) is 12.1 Å². The van der Waals surface area contributed by atoms with Gasteiger partial charge in [-0.25, -0.2) is 19.2 Å². The van der Waals surface area contributed by atoms with Gasteiger partial charge in [-0.15, -0.1) is 0 Å². The third kappa shape index (κ3) is 13.5. The molecule has 98 heavy (non-hydrogen) atoms. The van der Waals surface area contributed by atoms with Crippen molar-refractivity contribution in [1.29, 1.82) is 0 Å². The van der Waals surface area contributed by atoms with Gasteiger partial charge in [-0.3, -0.25) is 0 Å². The van der Waals surface area contributed by atoms with E-state index >= 15 is 9.59 Å². The Bertz CT molecular complexity index is 3550. The number of fused-ring (bicyclic) bond motifs is 2. The molecule has 0 radical (unpaired) electrons. The van der Waals surface area contributed by atoms with Crippen LogP contribution in [-0.2, 0) is 68.4 Å². The molecule has 0 N–H and O–H groups in total. The highest BCUT2D eigenvalue weighted by molar-refractivity contribution is 6.09. The van der Waals surface area contributed by atoms with E-state index in [0.29, 0.717) is 11.1 Å². The van der Waals surface area contributed by atoms with Crippen molar-refractivity contribution in [3.63, 3.8) is 0 Å². The van der Waals surface area contributed by atoms with E-state index in [0.717, 1.165) is 0 Å². The van der Waals surface area contributed by atoms with E-state index in [-0.39, 0.29) is 104 Å². The predicted molar refractivity (Wildman–Crippen MR) is 341 cm³/mol. The SMILES string of the molecule is COc1cc(C(=O)OC2C3OC(C)(c4ccccc4)OCC3OC(OC)C2OC(=O)c2cc(OC)c(OC)c(OC)c2-c2c(C(=O)OC3C(OC)OC4COC(C)(c5ccccc5)OC4C3OC(=O)c3cc(OC)c(OC)c(OC)c3)cc(OC)c(OC)c2OC)cc(OC)c1OC. The van der Waals surface area contributed by atoms with E-state index < -0.39 is 108 Å². The third-order valence-corrected chi connectivity index (χ3v) is 17.1. The van der Waals surface area contributed by atoms with Crippen LogP contribution in [0.25, 0.3) is 11.1 Å². The smallest absolute Gasteiger partial charge is 0.339 e. The summed E-state index contributed by atoms with van der Waals surface area (Å²) in [6.45, 7) is 3.10. The van der Waals surface area contributed by atoms with Crippen molar-refractivity contribution in [2.24, 2.45) is 0 Å². The minimum Gasteiger partial charge on any atom is -0.493 e. The van der Waals surface area contributed by atoms with Gasteiger partial charge in [0.2, 0.25) is 23.0 Å². The van der Waals surface area contributed by atoms with E-state index in [2.05, 4.69) is 0 Å². The maximum Gasteiger partial charge on any atom is 0.339 e. The molecule has 0 spiro atoms. The van der Waals surface area contributed by atoms with E-state index in [1.54, 1.807) is 62.4 Å². The minimum atomic E-state index is -1.72. The highest BCUT2D eigenvalue weighted by Crippen LogP contribution is 2.55. The molecule has 526 valence electrons. The molecule has 6 aromatic rings.